The summed E-state index contributed by atoms with van der Waals surface area (Å²) in [5.74, 6) is 0.930. The van der Waals surface area contributed by atoms with E-state index in [-0.39, 0.29) is 5.91 Å². The molecule has 156 valence electrons. The van der Waals surface area contributed by atoms with Gasteiger partial charge in [0.05, 0.1) is 19.6 Å². The lowest BCUT2D eigenvalue weighted by molar-refractivity contribution is -0.134. The molecule has 0 unspecified atom stereocenters. The van der Waals surface area contributed by atoms with Crippen LogP contribution in [0.15, 0.2) is 65.8 Å². The van der Waals surface area contributed by atoms with E-state index in [0.29, 0.717) is 45.9 Å². The number of nitrogens with zero attached hydrogens (tertiary/aromatic N) is 2. The number of fused-ring (bicyclic) bond motifs is 1. The third kappa shape index (κ3) is 4.77. The van der Waals surface area contributed by atoms with E-state index < -0.39 is 0 Å². The first-order valence-electron chi connectivity index (χ1n) is 10.1. The average molecular weight is 469 g/mol. The second-order valence-electron chi connectivity index (χ2n) is 7.36. The summed E-state index contributed by atoms with van der Waals surface area (Å²) in [5.41, 5.74) is 3.19. The smallest absolute Gasteiger partial charge is 0.227 e. The van der Waals surface area contributed by atoms with Crippen LogP contribution in [0.3, 0.4) is 0 Å². The Bertz CT molecular complexity index is 1040. The number of carbonyl (C=O) groups excluding carboxylic acids is 1. The molecule has 5 nitrogen and oxygen atoms in total. The molecule has 0 saturated carbocycles. The van der Waals surface area contributed by atoms with Gasteiger partial charge in [-0.2, -0.15) is 0 Å². The van der Waals surface area contributed by atoms with Gasteiger partial charge in [0, 0.05) is 41.2 Å². The summed E-state index contributed by atoms with van der Waals surface area (Å²) in [7, 11) is 0. The summed E-state index contributed by atoms with van der Waals surface area (Å²) in [6.07, 6.45) is 4.30. The molecule has 0 N–H and O–H groups in total. The number of aromatic nitrogens is 1. The van der Waals surface area contributed by atoms with E-state index in [2.05, 4.69) is 39.3 Å². The Morgan fingerprint density at radius 3 is 2.67 bits per heavy atom. The molecule has 4 rings (SSSR count). The molecule has 1 aliphatic heterocycles. The van der Waals surface area contributed by atoms with E-state index in [1.165, 1.54) is 0 Å². The van der Waals surface area contributed by atoms with Crippen LogP contribution in [0, 0.1) is 0 Å². The molecule has 1 aliphatic rings. The van der Waals surface area contributed by atoms with Crippen LogP contribution in [-0.2, 0) is 29.1 Å². The number of amides is 1. The zero-order valence-corrected chi connectivity index (χ0v) is 18.4. The van der Waals surface area contributed by atoms with Crippen molar-refractivity contribution in [2.75, 3.05) is 26.3 Å². The maximum atomic E-state index is 12.8. The number of hydrogen-bond donors (Lipinski definition) is 0. The average Bonchev–Trinajstić information content (AvgIpc) is 3.11. The largest absolute Gasteiger partial charge is 0.489 e. The predicted octanol–water partition coefficient (Wildman–Crippen LogP) is 4.57. The van der Waals surface area contributed by atoms with Gasteiger partial charge in [-0.05, 0) is 41.5 Å². The number of rotatable bonds is 7. The van der Waals surface area contributed by atoms with Gasteiger partial charge in [-0.3, -0.25) is 4.79 Å². The van der Waals surface area contributed by atoms with Crippen molar-refractivity contribution in [3.05, 3.63) is 76.9 Å². The number of benzene rings is 2. The van der Waals surface area contributed by atoms with Crippen LogP contribution in [0.25, 0.3) is 10.9 Å². The summed E-state index contributed by atoms with van der Waals surface area (Å²) < 4.78 is 14.6. The van der Waals surface area contributed by atoms with Gasteiger partial charge in [0.2, 0.25) is 5.91 Å². The fourth-order valence-electron chi connectivity index (χ4n) is 3.71. The van der Waals surface area contributed by atoms with E-state index in [0.717, 1.165) is 32.3 Å². The molecule has 0 aliphatic carbocycles. The van der Waals surface area contributed by atoms with E-state index in [9.17, 15) is 4.79 Å². The maximum absolute atomic E-state index is 12.8. The summed E-state index contributed by atoms with van der Waals surface area (Å²) in [4.78, 5) is 14.7. The zero-order chi connectivity index (χ0) is 20.9. The number of morpholine rings is 1. The van der Waals surface area contributed by atoms with Crippen LogP contribution in [0.4, 0.5) is 0 Å². The molecular weight excluding hydrogens is 444 g/mol. The fraction of sp³-hybridized carbons (Fsp3) is 0.292. The third-order valence-corrected chi connectivity index (χ3v) is 5.81. The van der Waals surface area contributed by atoms with Gasteiger partial charge < -0.3 is 18.9 Å². The van der Waals surface area contributed by atoms with Crippen LogP contribution in [0.2, 0.25) is 0 Å². The van der Waals surface area contributed by atoms with Crippen LogP contribution in [0.1, 0.15) is 11.1 Å². The minimum Gasteiger partial charge on any atom is -0.489 e. The molecule has 1 saturated heterocycles. The molecule has 0 radical (unpaired) electrons. The number of ether oxygens (including phenoxy) is 2. The Balaban J connectivity index is 1.56. The van der Waals surface area contributed by atoms with Crippen LogP contribution >= 0.6 is 15.9 Å². The van der Waals surface area contributed by atoms with E-state index >= 15 is 0 Å². The first kappa shape index (κ1) is 20.7. The minimum absolute atomic E-state index is 0.136. The van der Waals surface area contributed by atoms with Crippen LogP contribution in [-0.4, -0.2) is 41.7 Å². The van der Waals surface area contributed by atoms with Gasteiger partial charge in [0.25, 0.3) is 0 Å². The Labute approximate surface area is 185 Å². The Kier molecular flexibility index (Phi) is 6.55. The lowest BCUT2D eigenvalue weighted by Crippen LogP contribution is -2.41. The third-order valence-electron chi connectivity index (χ3n) is 5.29. The normalized spacial score (nSPS) is 14.1. The topological polar surface area (TPSA) is 43.7 Å². The maximum Gasteiger partial charge on any atom is 0.227 e. The van der Waals surface area contributed by atoms with Gasteiger partial charge >= 0.3 is 0 Å². The molecule has 6 heteroatoms. The second-order valence-corrected chi connectivity index (χ2v) is 8.28. The molecule has 0 bridgehead atoms. The molecule has 1 amide bonds. The van der Waals surface area contributed by atoms with Gasteiger partial charge in [-0.15, -0.1) is 6.58 Å². The van der Waals surface area contributed by atoms with Crippen molar-refractivity contribution in [2.24, 2.45) is 0 Å². The minimum atomic E-state index is 0.136. The zero-order valence-electron chi connectivity index (χ0n) is 16.9. The molecule has 3 aromatic rings. The highest BCUT2D eigenvalue weighted by molar-refractivity contribution is 9.10. The van der Waals surface area contributed by atoms with Crippen LogP contribution in [0.5, 0.6) is 5.75 Å². The highest BCUT2D eigenvalue weighted by atomic mass is 79.9. The molecule has 2 heterocycles. The number of carbonyl (C=O) groups is 1. The van der Waals surface area contributed by atoms with Crippen molar-refractivity contribution >= 4 is 32.7 Å². The lowest BCUT2D eigenvalue weighted by atomic mass is 10.1. The number of allylic oxidation sites excluding steroid dienone is 1. The van der Waals surface area contributed by atoms with Gasteiger partial charge in [0.15, 0.2) is 0 Å². The summed E-state index contributed by atoms with van der Waals surface area (Å²) >= 11 is 3.45. The number of halogens is 1. The highest BCUT2D eigenvalue weighted by Gasteiger charge is 2.19. The van der Waals surface area contributed by atoms with E-state index in [4.69, 9.17) is 9.47 Å². The van der Waals surface area contributed by atoms with Crippen LogP contribution < -0.4 is 4.74 Å². The molecule has 2 aromatic carbocycles. The molecule has 1 aromatic heterocycles. The molecule has 30 heavy (non-hydrogen) atoms. The lowest BCUT2D eigenvalue weighted by Gasteiger charge is -2.26. The highest BCUT2D eigenvalue weighted by Crippen LogP contribution is 2.28. The van der Waals surface area contributed by atoms with Crippen molar-refractivity contribution in [3.63, 3.8) is 0 Å². The quantitative estimate of drug-likeness (QED) is 0.477. The van der Waals surface area contributed by atoms with E-state index in [1.54, 1.807) is 0 Å². The molecular formula is C24H25BrN2O3. The first-order valence-corrected chi connectivity index (χ1v) is 10.9. The van der Waals surface area contributed by atoms with Crippen molar-refractivity contribution in [1.82, 2.24) is 9.47 Å². The molecule has 1 fully saturated rings. The Hall–Kier alpha value is -2.57. The standard InChI is InChI=1S/C24H25BrN2O3/c1-2-9-27-16-19(14-24(28)26-10-12-29-13-11-26)22-15-21(7-8-23(22)27)30-17-18-3-5-20(25)6-4-18/h2-8,15-16H,1,9-14,17H2. The Morgan fingerprint density at radius 2 is 1.93 bits per heavy atom. The van der Waals surface area contributed by atoms with Crippen molar-refractivity contribution in [1.29, 1.82) is 0 Å². The van der Waals surface area contributed by atoms with Crippen molar-refractivity contribution in [2.45, 2.75) is 19.6 Å². The number of hydrogen-bond acceptors (Lipinski definition) is 3. The molecule has 0 atom stereocenters. The first-order chi connectivity index (χ1) is 14.6. The van der Waals surface area contributed by atoms with Gasteiger partial charge in [0.1, 0.15) is 12.4 Å². The SMILES string of the molecule is C=CCn1cc(CC(=O)N2CCOCC2)c2cc(OCc3ccc(Br)cc3)ccc21. The predicted molar refractivity (Wildman–Crippen MR) is 122 cm³/mol. The van der Waals surface area contributed by atoms with Crippen molar-refractivity contribution in [3.8, 4) is 5.75 Å². The monoisotopic (exact) mass is 468 g/mol. The summed E-state index contributed by atoms with van der Waals surface area (Å²) in [6.45, 7) is 7.58. The summed E-state index contributed by atoms with van der Waals surface area (Å²) in [6, 6.07) is 14.2. The van der Waals surface area contributed by atoms with Gasteiger partial charge in [-0.1, -0.05) is 34.1 Å². The molecule has 0 spiro atoms. The second kappa shape index (κ2) is 9.49. The fourth-order valence-corrected chi connectivity index (χ4v) is 3.97. The van der Waals surface area contributed by atoms with E-state index in [1.807, 2.05) is 47.4 Å². The Morgan fingerprint density at radius 1 is 1.17 bits per heavy atom. The van der Waals surface area contributed by atoms with Gasteiger partial charge in [-0.25, -0.2) is 0 Å². The summed E-state index contributed by atoms with van der Waals surface area (Å²) in [5, 5.41) is 1.05. The van der Waals surface area contributed by atoms with Crippen molar-refractivity contribution < 1.29 is 14.3 Å².